The van der Waals surface area contributed by atoms with E-state index in [1.54, 1.807) is 13.2 Å². The fraction of sp³-hybridized carbons (Fsp3) is 0.455. The molecule has 3 nitrogen and oxygen atoms in total. The summed E-state index contributed by atoms with van der Waals surface area (Å²) in [5, 5.41) is 0. The van der Waals surface area contributed by atoms with Gasteiger partial charge < -0.3 is 15.2 Å². The van der Waals surface area contributed by atoms with Gasteiger partial charge in [0.05, 0.1) is 4.47 Å². The third kappa shape index (κ3) is 2.21. The van der Waals surface area contributed by atoms with Crippen LogP contribution in [0.2, 0.25) is 0 Å². The van der Waals surface area contributed by atoms with Crippen LogP contribution in [0, 0.1) is 5.82 Å². The SMILES string of the molecule is COC1C(N)CC1Oc1ccc(F)cc1Br. The molecule has 1 aliphatic rings. The predicted molar refractivity (Wildman–Crippen MR) is 61.9 cm³/mol. The first-order valence-electron chi connectivity index (χ1n) is 5.02. The lowest BCUT2D eigenvalue weighted by atomic mass is 9.86. The van der Waals surface area contributed by atoms with Crippen molar-refractivity contribution in [1.29, 1.82) is 0 Å². The molecular weight excluding hydrogens is 277 g/mol. The van der Waals surface area contributed by atoms with E-state index in [0.717, 1.165) is 6.42 Å². The molecular formula is C11H13BrFNO2. The van der Waals surface area contributed by atoms with Crippen LogP contribution >= 0.6 is 15.9 Å². The van der Waals surface area contributed by atoms with Gasteiger partial charge in [-0.25, -0.2) is 4.39 Å². The van der Waals surface area contributed by atoms with E-state index in [4.69, 9.17) is 15.2 Å². The van der Waals surface area contributed by atoms with Gasteiger partial charge in [0, 0.05) is 19.6 Å². The lowest BCUT2D eigenvalue weighted by Crippen LogP contribution is -2.59. The quantitative estimate of drug-likeness (QED) is 0.927. The van der Waals surface area contributed by atoms with Crippen LogP contribution in [0.1, 0.15) is 6.42 Å². The molecule has 3 unspecified atom stereocenters. The van der Waals surface area contributed by atoms with Crippen LogP contribution < -0.4 is 10.5 Å². The van der Waals surface area contributed by atoms with Gasteiger partial charge in [0.25, 0.3) is 0 Å². The molecule has 5 heteroatoms. The number of rotatable bonds is 3. The van der Waals surface area contributed by atoms with Crippen LogP contribution in [0.15, 0.2) is 22.7 Å². The predicted octanol–water partition coefficient (Wildman–Crippen LogP) is 2.08. The molecule has 3 atom stereocenters. The van der Waals surface area contributed by atoms with E-state index in [-0.39, 0.29) is 24.1 Å². The lowest BCUT2D eigenvalue weighted by Gasteiger charge is -2.41. The second kappa shape index (κ2) is 4.69. The van der Waals surface area contributed by atoms with Crippen LogP contribution in [0.5, 0.6) is 5.75 Å². The molecule has 1 aromatic rings. The van der Waals surface area contributed by atoms with Crippen LogP contribution in [-0.2, 0) is 4.74 Å². The molecule has 0 bridgehead atoms. The Bertz CT molecular complexity index is 388. The summed E-state index contributed by atoms with van der Waals surface area (Å²) in [6, 6.07) is 4.35. The van der Waals surface area contributed by atoms with Gasteiger partial charge in [-0.1, -0.05) is 0 Å². The van der Waals surface area contributed by atoms with Crippen molar-refractivity contribution in [2.75, 3.05) is 7.11 Å². The van der Waals surface area contributed by atoms with Gasteiger partial charge in [0.1, 0.15) is 23.8 Å². The topological polar surface area (TPSA) is 44.5 Å². The lowest BCUT2D eigenvalue weighted by molar-refractivity contribution is -0.0785. The molecule has 0 aliphatic heterocycles. The molecule has 2 N–H and O–H groups in total. The fourth-order valence-electron chi connectivity index (χ4n) is 1.79. The van der Waals surface area contributed by atoms with Crippen molar-refractivity contribution < 1.29 is 13.9 Å². The van der Waals surface area contributed by atoms with Crippen molar-refractivity contribution in [2.24, 2.45) is 5.73 Å². The normalized spacial score (nSPS) is 28.6. The summed E-state index contributed by atoms with van der Waals surface area (Å²) in [5.74, 6) is 0.313. The zero-order valence-corrected chi connectivity index (χ0v) is 10.4. The number of halogens is 2. The Hall–Kier alpha value is -0.650. The molecule has 0 spiro atoms. The van der Waals surface area contributed by atoms with Gasteiger partial charge >= 0.3 is 0 Å². The van der Waals surface area contributed by atoms with E-state index in [0.29, 0.717) is 10.2 Å². The second-order valence-corrected chi connectivity index (χ2v) is 4.69. The van der Waals surface area contributed by atoms with Gasteiger partial charge in [-0.05, 0) is 34.1 Å². The molecule has 0 radical (unpaired) electrons. The van der Waals surface area contributed by atoms with Gasteiger partial charge in [-0.3, -0.25) is 0 Å². The first kappa shape index (κ1) is 11.8. The summed E-state index contributed by atoms with van der Waals surface area (Å²) < 4.78 is 24.4. The van der Waals surface area contributed by atoms with Crippen LogP contribution in [0.3, 0.4) is 0 Å². The number of nitrogens with two attached hydrogens (primary N) is 1. The fourth-order valence-corrected chi connectivity index (χ4v) is 2.24. The summed E-state index contributed by atoms with van der Waals surface area (Å²) >= 11 is 3.25. The number of ether oxygens (including phenoxy) is 2. The smallest absolute Gasteiger partial charge is 0.134 e. The maximum atomic E-state index is 12.9. The summed E-state index contributed by atoms with van der Waals surface area (Å²) in [4.78, 5) is 0. The van der Waals surface area contributed by atoms with E-state index in [1.807, 2.05) is 0 Å². The highest BCUT2D eigenvalue weighted by molar-refractivity contribution is 9.10. The summed E-state index contributed by atoms with van der Waals surface area (Å²) in [6.45, 7) is 0. The molecule has 88 valence electrons. The summed E-state index contributed by atoms with van der Waals surface area (Å²) in [5.41, 5.74) is 5.76. The maximum absolute atomic E-state index is 12.9. The molecule has 2 rings (SSSR count). The molecule has 1 aromatic carbocycles. The largest absolute Gasteiger partial charge is 0.486 e. The van der Waals surface area contributed by atoms with Crippen molar-refractivity contribution in [3.63, 3.8) is 0 Å². The molecule has 0 amide bonds. The van der Waals surface area contributed by atoms with Crippen LogP contribution in [-0.4, -0.2) is 25.4 Å². The Labute approximate surface area is 102 Å². The Kier molecular flexibility index (Phi) is 3.47. The van der Waals surface area contributed by atoms with Gasteiger partial charge in [0.15, 0.2) is 0 Å². The number of hydrogen-bond acceptors (Lipinski definition) is 3. The van der Waals surface area contributed by atoms with Crippen molar-refractivity contribution in [2.45, 2.75) is 24.7 Å². The Morgan fingerprint density at radius 1 is 1.50 bits per heavy atom. The molecule has 0 aromatic heterocycles. The molecule has 1 saturated carbocycles. The van der Waals surface area contributed by atoms with Crippen molar-refractivity contribution in [1.82, 2.24) is 0 Å². The number of benzene rings is 1. The Morgan fingerprint density at radius 3 is 2.81 bits per heavy atom. The zero-order chi connectivity index (χ0) is 11.7. The summed E-state index contributed by atoms with van der Waals surface area (Å²) in [7, 11) is 1.61. The van der Waals surface area contributed by atoms with E-state index >= 15 is 0 Å². The van der Waals surface area contributed by atoms with Gasteiger partial charge in [-0.15, -0.1) is 0 Å². The minimum atomic E-state index is -0.298. The van der Waals surface area contributed by atoms with Gasteiger partial charge in [-0.2, -0.15) is 0 Å². The summed E-state index contributed by atoms with van der Waals surface area (Å²) in [6.07, 6.45) is 0.612. The van der Waals surface area contributed by atoms with E-state index in [2.05, 4.69) is 15.9 Å². The molecule has 0 heterocycles. The molecule has 16 heavy (non-hydrogen) atoms. The minimum Gasteiger partial charge on any atom is -0.486 e. The van der Waals surface area contributed by atoms with E-state index in [1.165, 1.54) is 12.1 Å². The highest BCUT2D eigenvalue weighted by Crippen LogP contribution is 2.32. The molecule has 0 saturated heterocycles. The Balaban J connectivity index is 2.04. The Morgan fingerprint density at radius 2 is 2.25 bits per heavy atom. The van der Waals surface area contributed by atoms with E-state index < -0.39 is 0 Å². The standard InChI is InChI=1S/C11H13BrFNO2/c1-15-11-8(14)5-10(11)16-9-3-2-6(13)4-7(9)12/h2-4,8,10-11H,5,14H2,1H3. The zero-order valence-electron chi connectivity index (χ0n) is 8.82. The third-order valence-electron chi connectivity index (χ3n) is 2.74. The van der Waals surface area contributed by atoms with Crippen molar-refractivity contribution >= 4 is 15.9 Å². The minimum absolute atomic E-state index is 0.0224. The average Bonchev–Trinajstić information content (AvgIpc) is 2.21. The molecule has 1 aliphatic carbocycles. The number of methoxy groups -OCH3 is 1. The molecule has 1 fully saturated rings. The average molecular weight is 290 g/mol. The van der Waals surface area contributed by atoms with Crippen molar-refractivity contribution in [3.05, 3.63) is 28.5 Å². The maximum Gasteiger partial charge on any atom is 0.134 e. The highest BCUT2D eigenvalue weighted by Gasteiger charge is 2.41. The third-order valence-corrected chi connectivity index (χ3v) is 3.36. The van der Waals surface area contributed by atoms with Gasteiger partial charge in [0.2, 0.25) is 0 Å². The van der Waals surface area contributed by atoms with Crippen LogP contribution in [0.4, 0.5) is 4.39 Å². The second-order valence-electron chi connectivity index (χ2n) is 3.83. The van der Waals surface area contributed by atoms with Crippen molar-refractivity contribution in [3.8, 4) is 5.75 Å². The number of hydrogen-bond donors (Lipinski definition) is 1. The van der Waals surface area contributed by atoms with Crippen LogP contribution in [0.25, 0.3) is 0 Å². The van der Waals surface area contributed by atoms with E-state index in [9.17, 15) is 4.39 Å². The highest BCUT2D eigenvalue weighted by atomic mass is 79.9. The first-order chi connectivity index (χ1) is 7.61. The monoisotopic (exact) mass is 289 g/mol. The first-order valence-corrected chi connectivity index (χ1v) is 5.81.